The minimum atomic E-state index is -1.27. The van der Waals surface area contributed by atoms with Crippen molar-refractivity contribution in [1.82, 2.24) is 4.98 Å². The molecule has 0 aliphatic carbocycles. The van der Waals surface area contributed by atoms with E-state index in [0.29, 0.717) is 17.2 Å². The van der Waals surface area contributed by atoms with E-state index in [1.54, 1.807) is 27.2 Å². The lowest BCUT2D eigenvalue weighted by atomic mass is 9.87. The van der Waals surface area contributed by atoms with E-state index in [0.717, 1.165) is 27.6 Å². The van der Waals surface area contributed by atoms with E-state index in [4.69, 9.17) is 14.2 Å². The van der Waals surface area contributed by atoms with Crippen molar-refractivity contribution in [2.45, 2.75) is 26.4 Å². The van der Waals surface area contributed by atoms with Gasteiger partial charge in [0.15, 0.2) is 22.9 Å². The predicted octanol–water partition coefficient (Wildman–Crippen LogP) is 4.55. The molecule has 152 valence electrons. The number of fused-ring (bicyclic) bond motifs is 1. The van der Waals surface area contributed by atoms with Gasteiger partial charge in [-0.25, -0.2) is 0 Å². The van der Waals surface area contributed by atoms with Crippen LogP contribution in [-0.4, -0.2) is 25.0 Å². The first kappa shape index (κ1) is 19.6. The van der Waals surface area contributed by atoms with Crippen LogP contribution in [0.2, 0.25) is 0 Å². The topological polar surface area (TPSA) is 84.3 Å². The third-order valence-electron chi connectivity index (χ3n) is 5.46. The quantitative estimate of drug-likeness (QED) is 0.692. The third-order valence-corrected chi connectivity index (χ3v) is 5.46. The molecule has 1 atom stereocenters. The second-order valence-electron chi connectivity index (χ2n) is 7.60. The van der Waals surface area contributed by atoms with Crippen LogP contribution >= 0.6 is 0 Å². The van der Waals surface area contributed by atoms with Crippen LogP contribution in [0.1, 0.15) is 29.3 Å². The number of nitrogens with one attached hydrogen (secondary N) is 1. The second kappa shape index (κ2) is 6.96. The fourth-order valence-corrected chi connectivity index (χ4v) is 4.03. The standard InChI is InChI=1S/C24H22N2O4/c1-13-8-14(2)10-15(9-13)24(3)23(27)17(12-25)21(30-24)19-11-16-18(26-19)6-7-20(28-4)22(16)29-5/h6-11,26H,1-5H3. The van der Waals surface area contributed by atoms with E-state index in [-0.39, 0.29) is 17.1 Å². The average Bonchev–Trinajstić information content (AvgIpc) is 3.26. The minimum absolute atomic E-state index is 0.00542. The molecule has 6 nitrogen and oxygen atoms in total. The Balaban J connectivity index is 1.86. The van der Waals surface area contributed by atoms with Crippen LogP contribution in [0.5, 0.6) is 11.5 Å². The number of rotatable bonds is 4. The van der Waals surface area contributed by atoms with Gasteiger partial charge in [0.2, 0.25) is 5.78 Å². The number of benzene rings is 2. The molecule has 2 heterocycles. The first-order chi connectivity index (χ1) is 14.3. The normalized spacial score (nSPS) is 18.5. The van der Waals surface area contributed by atoms with Crippen molar-refractivity contribution in [3.05, 3.63) is 64.4 Å². The van der Waals surface area contributed by atoms with Gasteiger partial charge < -0.3 is 19.2 Å². The van der Waals surface area contributed by atoms with Gasteiger partial charge in [-0.15, -0.1) is 0 Å². The van der Waals surface area contributed by atoms with Crippen molar-refractivity contribution in [2.75, 3.05) is 14.2 Å². The lowest BCUT2D eigenvalue weighted by molar-refractivity contribution is -0.128. The van der Waals surface area contributed by atoms with Crippen molar-refractivity contribution in [2.24, 2.45) is 0 Å². The molecule has 0 bridgehead atoms. The smallest absolute Gasteiger partial charge is 0.225 e. The number of H-pyrrole nitrogens is 1. The van der Waals surface area contributed by atoms with Gasteiger partial charge in [-0.2, -0.15) is 5.26 Å². The number of aryl methyl sites for hydroxylation is 2. The number of carbonyl (C=O) groups excluding carboxylic acids is 1. The molecule has 30 heavy (non-hydrogen) atoms. The minimum Gasteiger partial charge on any atom is -0.493 e. The number of methoxy groups -OCH3 is 2. The third kappa shape index (κ3) is 2.82. The first-order valence-electron chi connectivity index (χ1n) is 9.53. The Bertz CT molecular complexity index is 1240. The molecular formula is C24H22N2O4. The van der Waals surface area contributed by atoms with Crippen molar-refractivity contribution >= 4 is 22.4 Å². The van der Waals surface area contributed by atoms with E-state index in [9.17, 15) is 10.1 Å². The van der Waals surface area contributed by atoms with E-state index in [1.165, 1.54) is 0 Å². The van der Waals surface area contributed by atoms with E-state index >= 15 is 0 Å². The summed E-state index contributed by atoms with van der Waals surface area (Å²) in [7, 11) is 3.14. The van der Waals surface area contributed by atoms with Crippen LogP contribution in [-0.2, 0) is 15.1 Å². The van der Waals surface area contributed by atoms with E-state index < -0.39 is 5.60 Å². The van der Waals surface area contributed by atoms with Crippen LogP contribution in [0.4, 0.5) is 0 Å². The number of nitrogens with zero attached hydrogens (tertiary/aromatic N) is 1. The summed E-state index contributed by atoms with van der Waals surface area (Å²) in [5.41, 5.74) is 2.82. The Morgan fingerprint density at radius 1 is 1.07 bits per heavy atom. The fourth-order valence-electron chi connectivity index (χ4n) is 4.03. The molecule has 1 unspecified atom stereocenters. The highest BCUT2D eigenvalue weighted by molar-refractivity contribution is 6.13. The van der Waals surface area contributed by atoms with Crippen LogP contribution in [0, 0.1) is 25.2 Å². The number of hydrogen-bond acceptors (Lipinski definition) is 5. The van der Waals surface area contributed by atoms with Crippen molar-refractivity contribution in [1.29, 1.82) is 5.26 Å². The molecule has 6 heteroatoms. The monoisotopic (exact) mass is 402 g/mol. The molecule has 1 N–H and O–H groups in total. The maximum atomic E-state index is 13.2. The maximum Gasteiger partial charge on any atom is 0.225 e. The zero-order valence-corrected chi connectivity index (χ0v) is 17.5. The van der Waals surface area contributed by atoms with Gasteiger partial charge in [-0.3, -0.25) is 4.79 Å². The number of aromatic amines is 1. The molecule has 1 aliphatic rings. The van der Waals surface area contributed by atoms with Gasteiger partial charge >= 0.3 is 0 Å². The number of ketones is 1. The Morgan fingerprint density at radius 2 is 1.77 bits per heavy atom. The summed E-state index contributed by atoms with van der Waals surface area (Å²) in [5, 5.41) is 10.5. The summed E-state index contributed by atoms with van der Waals surface area (Å²) < 4.78 is 17.1. The number of carbonyl (C=O) groups is 1. The zero-order chi connectivity index (χ0) is 21.6. The lowest BCUT2D eigenvalue weighted by Gasteiger charge is -2.25. The highest BCUT2D eigenvalue weighted by Gasteiger charge is 2.48. The Hall–Kier alpha value is -3.72. The molecule has 1 aliphatic heterocycles. The molecule has 0 spiro atoms. The second-order valence-corrected chi connectivity index (χ2v) is 7.60. The average molecular weight is 402 g/mol. The maximum absolute atomic E-state index is 13.2. The molecule has 0 saturated heterocycles. The Kier molecular flexibility index (Phi) is 4.54. The summed E-state index contributed by atoms with van der Waals surface area (Å²) >= 11 is 0. The summed E-state index contributed by atoms with van der Waals surface area (Å²) in [5.74, 6) is 1.04. The van der Waals surface area contributed by atoms with Crippen LogP contribution in [0.25, 0.3) is 16.7 Å². The van der Waals surface area contributed by atoms with Crippen molar-refractivity contribution < 1.29 is 19.0 Å². The predicted molar refractivity (Wildman–Crippen MR) is 113 cm³/mol. The van der Waals surface area contributed by atoms with Gasteiger partial charge in [0.05, 0.1) is 19.9 Å². The number of hydrogen-bond donors (Lipinski definition) is 1. The molecule has 2 aromatic carbocycles. The van der Waals surface area contributed by atoms with Crippen LogP contribution in [0.15, 0.2) is 42.0 Å². The molecule has 3 aromatic rings. The van der Waals surface area contributed by atoms with Crippen molar-refractivity contribution in [3.63, 3.8) is 0 Å². The Morgan fingerprint density at radius 3 is 2.37 bits per heavy atom. The molecule has 0 fully saturated rings. The van der Waals surface area contributed by atoms with Gasteiger partial charge in [-0.05, 0) is 39.0 Å². The molecule has 4 rings (SSSR count). The summed E-state index contributed by atoms with van der Waals surface area (Å²) in [6.45, 7) is 5.65. The number of nitriles is 1. The molecular weight excluding hydrogens is 380 g/mol. The fraction of sp³-hybridized carbons (Fsp3) is 0.250. The Labute approximate surface area is 174 Å². The van der Waals surface area contributed by atoms with Gasteiger partial charge in [0, 0.05) is 16.5 Å². The van der Waals surface area contributed by atoms with Crippen molar-refractivity contribution in [3.8, 4) is 17.6 Å². The van der Waals surface area contributed by atoms with Gasteiger partial charge in [-0.1, -0.05) is 29.3 Å². The highest BCUT2D eigenvalue weighted by atomic mass is 16.5. The summed E-state index contributed by atoms with van der Waals surface area (Å²) in [6, 6.07) is 13.4. The van der Waals surface area contributed by atoms with Gasteiger partial charge in [0.1, 0.15) is 11.6 Å². The number of Topliss-reactive ketones (excluding diaryl/α,β-unsaturated/α-hetero) is 1. The molecule has 0 radical (unpaired) electrons. The molecule has 1 aromatic heterocycles. The largest absolute Gasteiger partial charge is 0.493 e. The van der Waals surface area contributed by atoms with Crippen LogP contribution < -0.4 is 9.47 Å². The first-order valence-corrected chi connectivity index (χ1v) is 9.53. The van der Waals surface area contributed by atoms with Gasteiger partial charge in [0.25, 0.3) is 0 Å². The van der Waals surface area contributed by atoms with E-state index in [1.807, 2.05) is 50.2 Å². The number of ether oxygens (including phenoxy) is 3. The molecule has 0 saturated carbocycles. The van der Waals surface area contributed by atoms with Crippen LogP contribution in [0.3, 0.4) is 0 Å². The summed E-state index contributed by atoms with van der Waals surface area (Å²) in [4.78, 5) is 16.5. The molecule has 0 amide bonds. The zero-order valence-electron chi connectivity index (χ0n) is 17.5. The summed E-state index contributed by atoms with van der Waals surface area (Å²) in [6.07, 6.45) is 0. The lowest BCUT2D eigenvalue weighted by Crippen LogP contribution is -2.31. The number of aromatic nitrogens is 1. The van der Waals surface area contributed by atoms with E-state index in [2.05, 4.69) is 4.98 Å². The SMILES string of the molecule is COc1ccc2[nH]c(C3=C(C#N)C(=O)C(C)(c4cc(C)cc(C)c4)O3)cc2c1OC. The highest BCUT2D eigenvalue weighted by Crippen LogP contribution is 2.44.